The van der Waals surface area contributed by atoms with Crippen LogP contribution in [0.2, 0.25) is 0 Å². The highest BCUT2D eigenvalue weighted by molar-refractivity contribution is 6.51. The van der Waals surface area contributed by atoms with Crippen LogP contribution in [-0.4, -0.2) is 17.0 Å². The molecular formula is C7H10Cl2O. The molecule has 0 radical (unpaired) electrons. The van der Waals surface area contributed by atoms with E-state index in [1.807, 2.05) is 0 Å². The van der Waals surface area contributed by atoms with E-state index in [4.69, 9.17) is 27.9 Å². The van der Waals surface area contributed by atoms with Gasteiger partial charge in [0.2, 0.25) is 0 Å². The van der Waals surface area contributed by atoms with Crippen LogP contribution in [0.4, 0.5) is 0 Å². The summed E-state index contributed by atoms with van der Waals surface area (Å²) in [5.41, 5.74) is 0. The van der Waals surface area contributed by atoms with Gasteiger partial charge in [-0.25, -0.2) is 0 Å². The molecule has 0 aromatic rings. The Morgan fingerprint density at radius 2 is 2.10 bits per heavy atom. The molecule has 1 saturated heterocycles. The van der Waals surface area contributed by atoms with Crippen LogP contribution in [-0.2, 0) is 4.74 Å². The second-order valence-electron chi connectivity index (χ2n) is 3.07. The molecule has 0 N–H and O–H groups in total. The monoisotopic (exact) mass is 180 g/mol. The van der Waals surface area contributed by atoms with Gasteiger partial charge in [-0.05, 0) is 12.8 Å². The van der Waals surface area contributed by atoms with Crippen molar-refractivity contribution < 1.29 is 4.74 Å². The van der Waals surface area contributed by atoms with E-state index in [1.165, 1.54) is 6.42 Å². The molecule has 2 atom stereocenters. The molecule has 10 heavy (non-hydrogen) atoms. The second kappa shape index (κ2) is 2.26. The molecule has 3 heteroatoms. The maximum atomic E-state index is 5.93. The Balaban J connectivity index is 2.01. The molecule has 2 rings (SSSR count). The summed E-state index contributed by atoms with van der Waals surface area (Å²) >= 11 is 11.9. The van der Waals surface area contributed by atoms with Crippen LogP contribution in [0.5, 0.6) is 0 Å². The van der Waals surface area contributed by atoms with Gasteiger partial charge in [0.25, 0.3) is 0 Å². The number of fused-ring (bicyclic) bond motifs is 1. The highest BCUT2D eigenvalue weighted by atomic mass is 35.5. The average Bonchev–Trinajstić information content (AvgIpc) is 2.47. The fourth-order valence-electron chi connectivity index (χ4n) is 1.61. The van der Waals surface area contributed by atoms with Gasteiger partial charge in [-0.2, -0.15) is 0 Å². The molecule has 0 spiro atoms. The molecule has 1 aliphatic carbocycles. The fraction of sp³-hybridized carbons (Fsp3) is 1.00. The third-order valence-corrected chi connectivity index (χ3v) is 3.33. The first-order chi connectivity index (χ1) is 4.73. The molecule has 1 saturated carbocycles. The number of hydrogen-bond donors (Lipinski definition) is 0. The first-order valence-corrected chi connectivity index (χ1v) is 4.48. The van der Waals surface area contributed by atoms with E-state index in [0.29, 0.717) is 5.92 Å². The van der Waals surface area contributed by atoms with E-state index in [2.05, 4.69) is 0 Å². The van der Waals surface area contributed by atoms with Crippen molar-refractivity contribution in [2.24, 2.45) is 5.92 Å². The summed E-state index contributed by atoms with van der Waals surface area (Å²) in [6.45, 7) is 0.836. The van der Waals surface area contributed by atoms with Crippen LogP contribution >= 0.6 is 23.2 Å². The van der Waals surface area contributed by atoms with Crippen molar-refractivity contribution in [3.63, 3.8) is 0 Å². The first-order valence-electron chi connectivity index (χ1n) is 3.72. The fourth-order valence-corrected chi connectivity index (χ4v) is 2.36. The highest BCUT2D eigenvalue weighted by Crippen LogP contribution is 2.58. The quantitative estimate of drug-likeness (QED) is 0.521. The molecule has 0 unspecified atom stereocenters. The number of ether oxygens (including phenoxy) is 1. The van der Waals surface area contributed by atoms with Crippen molar-refractivity contribution in [3.8, 4) is 0 Å². The molecule has 58 valence electrons. The predicted octanol–water partition coefficient (Wildman–Crippen LogP) is 2.36. The first kappa shape index (κ1) is 7.20. The number of halogens is 2. The van der Waals surface area contributed by atoms with Gasteiger partial charge in [-0.15, -0.1) is 0 Å². The zero-order chi connectivity index (χ0) is 7.19. The molecule has 0 amide bonds. The lowest BCUT2D eigenvalue weighted by molar-refractivity contribution is 0.116. The van der Waals surface area contributed by atoms with Crippen LogP contribution in [0.15, 0.2) is 0 Å². The maximum absolute atomic E-state index is 5.93. The highest BCUT2D eigenvalue weighted by Gasteiger charge is 2.64. The topological polar surface area (TPSA) is 9.23 Å². The summed E-state index contributed by atoms with van der Waals surface area (Å²) in [6.07, 6.45) is 3.65. The number of rotatable bonds is 0. The van der Waals surface area contributed by atoms with E-state index < -0.39 is 4.33 Å². The average molecular weight is 181 g/mol. The lowest BCUT2D eigenvalue weighted by Crippen LogP contribution is -2.03. The van der Waals surface area contributed by atoms with Crippen LogP contribution in [0, 0.1) is 5.92 Å². The predicted molar refractivity (Wildman–Crippen MR) is 41.5 cm³/mol. The molecule has 0 aromatic heterocycles. The smallest absolute Gasteiger partial charge is 0.149 e. The third kappa shape index (κ3) is 0.956. The number of alkyl halides is 2. The second-order valence-corrected chi connectivity index (χ2v) is 4.51. The molecule has 0 aromatic carbocycles. The Bertz CT molecular complexity index is 133. The van der Waals surface area contributed by atoms with Crippen molar-refractivity contribution in [3.05, 3.63) is 0 Å². The molecule has 2 fully saturated rings. The lowest BCUT2D eigenvalue weighted by atomic mass is 10.2. The van der Waals surface area contributed by atoms with Crippen molar-refractivity contribution in [1.82, 2.24) is 0 Å². The van der Waals surface area contributed by atoms with Crippen LogP contribution in [0.1, 0.15) is 19.3 Å². The summed E-state index contributed by atoms with van der Waals surface area (Å²) in [6, 6.07) is 0. The Morgan fingerprint density at radius 3 is 2.90 bits per heavy atom. The summed E-state index contributed by atoms with van der Waals surface area (Å²) in [4.78, 5) is 0. The van der Waals surface area contributed by atoms with Gasteiger partial charge in [0.1, 0.15) is 4.33 Å². The van der Waals surface area contributed by atoms with Crippen LogP contribution in [0.25, 0.3) is 0 Å². The summed E-state index contributed by atoms with van der Waals surface area (Å²) in [5, 5.41) is 0. The molecular weight excluding hydrogens is 171 g/mol. The van der Waals surface area contributed by atoms with Gasteiger partial charge >= 0.3 is 0 Å². The minimum atomic E-state index is -0.541. The van der Waals surface area contributed by atoms with Gasteiger partial charge in [-0.3, -0.25) is 0 Å². The molecule has 1 heterocycles. The summed E-state index contributed by atoms with van der Waals surface area (Å²) in [5.74, 6) is 0.415. The van der Waals surface area contributed by atoms with Crippen molar-refractivity contribution in [1.29, 1.82) is 0 Å². The van der Waals surface area contributed by atoms with E-state index in [1.54, 1.807) is 0 Å². The Hall–Kier alpha value is 0.540. The van der Waals surface area contributed by atoms with E-state index in [-0.39, 0.29) is 6.10 Å². The Morgan fingerprint density at radius 1 is 1.30 bits per heavy atom. The Kier molecular flexibility index (Phi) is 1.63. The third-order valence-electron chi connectivity index (χ3n) is 2.34. The van der Waals surface area contributed by atoms with Gasteiger partial charge in [0.05, 0.1) is 6.10 Å². The minimum absolute atomic E-state index is 0.137. The largest absolute Gasteiger partial charge is 0.375 e. The zero-order valence-electron chi connectivity index (χ0n) is 5.65. The van der Waals surface area contributed by atoms with Crippen molar-refractivity contribution in [2.75, 3.05) is 6.61 Å². The number of hydrogen-bond acceptors (Lipinski definition) is 1. The summed E-state index contributed by atoms with van der Waals surface area (Å²) < 4.78 is 4.89. The molecule has 1 aliphatic heterocycles. The minimum Gasteiger partial charge on any atom is -0.375 e. The van der Waals surface area contributed by atoms with Gasteiger partial charge < -0.3 is 4.74 Å². The lowest BCUT2D eigenvalue weighted by Gasteiger charge is -2.01. The summed E-state index contributed by atoms with van der Waals surface area (Å²) in [7, 11) is 0. The molecule has 0 bridgehead atoms. The maximum Gasteiger partial charge on any atom is 0.149 e. The normalized spacial score (nSPS) is 43.8. The van der Waals surface area contributed by atoms with E-state index in [0.717, 1.165) is 19.4 Å². The van der Waals surface area contributed by atoms with Crippen LogP contribution in [0.3, 0.4) is 0 Å². The van der Waals surface area contributed by atoms with Crippen LogP contribution < -0.4 is 0 Å². The molecule has 1 nitrogen and oxygen atoms in total. The van der Waals surface area contributed by atoms with Gasteiger partial charge in [-0.1, -0.05) is 29.6 Å². The van der Waals surface area contributed by atoms with Gasteiger partial charge in [0, 0.05) is 12.5 Å². The van der Waals surface area contributed by atoms with E-state index >= 15 is 0 Å². The van der Waals surface area contributed by atoms with Gasteiger partial charge in [0.15, 0.2) is 0 Å². The van der Waals surface area contributed by atoms with Crippen molar-refractivity contribution >= 4 is 23.2 Å². The zero-order valence-corrected chi connectivity index (χ0v) is 7.16. The van der Waals surface area contributed by atoms with Crippen molar-refractivity contribution in [2.45, 2.75) is 29.7 Å². The Labute approximate surface area is 70.6 Å². The van der Waals surface area contributed by atoms with E-state index in [9.17, 15) is 0 Å². The molecule has 2 aliphatic rings. The standard InChI is InChI=1S/C7H10Cl2O/c8-7(9)5-3-1-2-4-10-6(5)7/h5-6H,1-4H2/t5-,6-/m0/s1. The SMILES string of the molecule is ClC1(Cl)[C@H]2CCCCO[C@@H]21.